The number of hydrogen-bond acceptors (Lipinski definition) is 6. The van der Waals surface area contributed by atoms with Crippen LogP contribution in [0, 0.1) is 10.1 Å². The average Bonchev–Trinajstić information content (AvgIpc) is 2.38. The number of ether oxygens (including phenoxy) is 1. The number of nitro benzene ring substituents is 1. The molecule has 0 bridgehead atoms. The van der Waals surface area contributed by atoms with Crippen molar-refractivity contribution in [1.82, 2.24) is 5.32 Å². The van der Waals surface area contributed by atoms with Crippen molar-refractivity contribution in [3.63, 3.8) is 0 Å². The number of amides is 1. The van der Waals surface area contributed by atoms with Crippen molar-refractivity contribution in [1.29, 1.82) is 0 Å². The summed E-state index contributed by atoms with van der Waals surface area (Å²) in [5, 5.41) is 16.4. The lowest BCUT2D eigenvalue weighted by atomic mass is 10.2. The Morgan fingerprint density at radius 3 is 2.85 bits per heavy atom. The lowest BCUT2D eigenvalue weighted by Crippen LogP contribution is -2.39. The molecule has 1 rings (SSSR count). The first kappa shape index (κ1) is 15.7. The minimum Gasteiger partial charge on any atom is -0.393 e. The van der Waals surface area contributed by atoms with Crippen LogP contribution < -0.4 is 16.4 Å². The second-order valence-electron chi connectivity index (χ2n) is 4.15. The van der Waals surface area contributed by atoms with Crippen LogP contribution in [-0.2, 0) is 9.53 Å². The summed E-state index contributed by atoms with van der Waals surface area (Å²) in [7, 11) is 1.53. The zero-order chi connectivity index (χ0) is 15.1. The number of nitrogen functional groups attached to an aromatic ring is 1. The molecule has 8 heteroatoms. The van der Waals surface area contributed by atoms with Gasteiger partial charge in [-0.3, -0.25) is 14.9 Å². The molecule has 0 saturated carbocycles. The SMILES string of the molecule is COCCNC(=O)C(C)Nc1cccc(N)c1[N+](=O)[O-]. The Morgan fingerprint density at radius 2 is 2.25 bits per heavy atom. The van der Waals surface area contributed by atoms with Gasteiger partial charge >= 0.3 is 5.69 Å². The molecular weight excluding hydrogens is 264 g/mol. The van der Waals surface area contributed by atoms with Gasteiger partial charge in [-0.15, -0.1) is 0 Å². The van der Waals surface area contributed by atoms with Gasteiger partial charge in [-0.1, -0.05) is 6.07 Å². The third kappa shape index (κ3) is 4.09. The van der Waals surface area contributed by atoms with Gasteiger partial charge in [0, 0.05) is 13.7 Å². The number of methoxy groups -OCH3 is 1. The Labute approximate surface area is 116 Å². The lowest BCUT2D eigenvalue weighted by Gasteiger charge is -2.15. The van der Waals surface area contributed by atoms with Crippen molar-refractivity contribution in [3.8, 4) is 0 Å². The first-order valence-corrected chi connectivity index (χ1v) is 6.03. The molecule has 8 nitrogen and oxygen atoms in total. The second kappa shape index (κ2) is 7.29. The van der Waals surface area contributed by atoms with E-state index in [0.717, 1.165) is 0 Å². The number of nitrogens with one attached hydrogen (secondary N) is 2. The fraction of sp³-hybridized carbons (Fsp3) is 0.417. The molecule has 0 aliphatic rings. The summed E-state index contributed by atoms with van der Waals surface area (Å²) in [5.74, 6) is -0.279. The number of anilines is 2. The van der Waals surface area contributed by atoms with Crippen LogP contribution in [0.3, 0.4) is 0 Å². The smallest absolute Gasteiger partial charge is 0.314 e. The monoisotopic (exact) mass is 282 g/mol. The van der Waals surface area contributed by atoms with E-state index in [9.17, 15) is 14.9 Å². The fourth-order valence-electron chi connectivity index (χ4n) is 1.61. The van der Waals surface area contributed by atoms with E-state index in [1.54, 1.807) is 13.0 Å². The largest absolute Gasteiger partial charge is 0.393 e. The molecule has 0 aliphatic carbocycles. The van der Waals surface area contributed by atoms with Gasteiger partial charge in [0.25, 0.3) is 0 Å². The molecule has 1 amide bonds. The maximum Gasteiger partial charge on any atom is 0.314 e. The number of nitrogens with two attached hydrogens (primary N) is 1. The standard InChI is InChI=1S/C12H18N4O4/c1-8(12(17)14-6-7-20-2)15-10-5-3-4-9(13)11(10)16(18)19/h3-5,8,15H,6-7,13H2,1-2H3,(H,14,17). The summed E-state index contributed by atoms with van der Waals surface area (Å²) in [6, 6.07) is 3.90. The normalized spacial score (nSPS) is 11.7. The summed E-state index contributed by atoms with van der Waals surface area (Å²) < 4.78 is 4.82. The van der Waals surface area contributed by atoms with E-state index < -0.39 is 11.0 Å². The fourth-order valence-corrected chi connectivity index (χ4v) is 1.61. The molecule has 20 heavy (non-hydrogen) atoms. The number of nitrogens with zero attached hydrogens (tertiary/aromatic N) is 1. The van der Waals surface area contributed by atoms with E-state index in [1.165, 1.54) is 19.2 Å². The lowest BCUT2D eigenvalue weighted by molar-refractivity contribution is -0.383. The molecule has 0 spiro atoms. The maximum atomic E-state index is 11.8. The number of carbonyl (C=O) groups excluding carboxylic acids is 1. The topological polar surface area (TPSA) is 120 Å². The van der Waals surface area contributed by atoms with Gasteiger partial charge in [0.05, 0.1) is 11.5 Å². The quantitative estimate of drug-likeness (QED) is 0.294. The van der Waals surface area contributed by atoms with Crippen LogP contribution in [0.5, 0.6) is 0 Å². The molecule has 4 N–H and O–H groups in total. The minimum absolute atomic E-state index is 0.0481. The summed E-state index contributed by atoms with van der Waals surface area (Å²) in [4.78, 5) is 22.2. The predicted molar refractivity (Wildman–Crippen MR) is 75.5 cm³/mol. The van der Waals surface area contributed by atoms with Crippen molar-refractivity contribution in [2.24, 2.45) is 0 Å². The predicted octanol–water partition coefficient (Wildman–Crippen LogP) is 0.740. The summed E-state index contributed by atoms with van der Waals surface area (Å²) >= 11 is 0. The highest BCUT2D eigenvalue weighted by Crippen LogP contribution is 2.30. The molecule has 0 heterocycles. The Kier molecular flexibility index (Phi) is 5.73. The van der Waals surface area contributed by atoms with Crippen LogP contribution in [0.25, 0.3) is 0 Å². The van der Waals surface area contributed by atoms with Gasteiger partial charge in [-0.2, -0.15) is 0 Å². The number of nitro groups is 1. The van der Waals surface area contributed by atoms with E-state index in [-0.39, 0.29) is 23.0 Å². The van der Waals surface area contributed by atoms with E-state index in [1.807, 2.05) is 0 Å². The first-order chi connectivity index (χ1) is 9.47. The Hall–Kier alpha value is -2.35. The number of benzene rings is 1. The highest BCUT2D eigenvalue weighted by molar-refractivity contribution is 5.86. The zero-order valence-electron chi connectivity index (χ0n) is 11.4. The van der Waals surface area contributed by atoms with Gasteiger partial charge in [0.2, 0.25) is 5.91 Å². The van der Waals surface area contributed by atoms with Crippen LogP contribution >= 0.6 is 0 Å². The van der Waals surface area contributed by atoms with Crippen LogP contribution in [0.4, 0.5) is 17.1 Å². The Morgan fingerprint density at radius 1 is 1.55 bits per heavy atom. The highest BCUT2D eigenvalue weighted by Gasteiger charge is 2.21. The molecule has 0 aromatic heterocycles. The van der Waals surface area contributed by atoms with Crippen molar-refractivity contribution in [2.45, 2.75) is 13.0 Å². The maximum absolute atomic E-state index is 11.8. The number of rotatable bonds is 7. The molecule has 1 aromatic rings. The third-order valence-electron chi connectivity index (χ3n) is 2.62. The third-order valence-corrected chi connectivity index (χ3v) is 2.62. The molecule has 0 aliphatic heterocycles. The van der Waals surface area contributed by atoms with Crippen LogP contribution in [-0.4, -0.2) is 37.1 Å². The van der Waals surface area contributed by atoms with E-state index in [4.69, 9.17) is 10.5 Å². The average molecular weight is 282 g/mol. The molecule has 0 fully saturated rings. The summed E-state index contributed by atoms with van der Waals surface area (Å²) in [5.41, 5.74) is 5.60. The van der Waals surface area contributed by atoms with Crippen molar-refractivity contribution in [3.05, 3.63) is 28.3 Å². The van der Waals surface area contributed by atoms with E-state index >= 15 is 0 Å². The molecule has 1 aromatic carbocycles. The van der Waals surface area contributed by atoms with Crippen molar-refractivity contribution < 1.29 is 14.5 Å². The van der Waals surface area contributed by atoms with Gasteiger partial charge in [0.15, 0.2) is 0 Å². The van der Waals surface area contributed by atoms with E-state index in [2.05, 4.69) is 10.6 Å². The number of hydrogen-bond donors (Lipinski definition) is 3. The van der Waals surface area contributed by atoms with Gasteiger partial charge in [-0.25, -0.2) is 0 Å². The van der Waals surface area contributed by atoms with E-state index in [0.29, 0.717) is 13.2 Å². The van der Waals surface area contributed by atoms with Crippen LogP contribution in [0.1, 0.15) is 6.92 Å². The molecule has 110 valence electrons. The Bertz CT molecular complexity index is 492. The van der Waals surface area contributed by atoms with Crippen LogP contribution in [0.15, 0.2) is 18.2 Å². The summed E-state index contributed by atoms with van der Waals surface area (Å²) in [6.45, 7) is 2.38. The molecule has 1 unspecified atom stereocenters. The number of carbonyl (C=O) groups is 1. The van der Waals surface area contributed by atoms with Gasteiger partial charge in [-0.05, 0) is 19.1 Å². The zero-order valence-corrected chi connectivity index (χ0v) is 11.4. The molecule has 1 atom stereocenters. The summed E-state index contributed by atoms with van der Waals surface area (Å²) in [6.07, 6.45) is 0. The second-order valence-corrected chi connectivity index (χ2v) is 4.15. The highest BCUT2D eigenvalue weighted by atomic mass is 16.6. The molecule has 0 radical (unpaired) electrons. The van der Waals surface area contributed by atoms with Gasteiger partial charge < -0.3 is 21.1 Å². The van der Waals surface area contributed by atoms with Crippen LogP contribution in [0.2, 0.25) is 0 Å². The van der Waals surface area contributed by atoms with Gasteiger partial charge in [0.1, 0.15) is 17.4 Å². The van der Waals surface area contributed by atoms with Crippen molar-refractivity contribution >= 4 is 23.0 Å². The number of para-hydroxylation sites is 1. The molecular formula is C12H18N4O4. The first-order valence-electron chi connectivity index (χ1n) is 6.03. The van der Waals surface area contributed by atoms with Crippen molar-refractivity contribution in [2.75, 3.05) is 31.3 Å². The minimum atomic E-state index is -0.632. The Balaban J connectivity index is 2.75. The molecule has 0 saturated heterocycles.